The van der Waals surface area contributed by atoms with Crippen LogP contribution in [0.5, 0.6) is 0 Å². The first-order valence-corrected chi connectivity index (χ1v) is 3.44. The molecule has 0 aliphatic carbocycles. The van der Waals surface area contributed by atoms with Crippen LogP contribution >= 0.6 is 12.2 Å². The minimum absolute atomic E-state index is 0.476. The van der Waals surface area contributed by atoms with Crippen molar-refractivity contribution in [2.45, 2.75) is 6.41 Å². The van der Waals surface area contributed by atoms with Gasteiger partial charge >= 0.3 is 0 Å². The molecule has 66 valence electrons. The SMILES string of the molecule is CNC(=S)NNC(OC)OC. The molecule has 0 fully saturated rings. The molecule has 5 nitrogen and oxygen atoms in total. The van der Waals surface area contributed by atoms with Gasteiger partial charge in [0.15, 0.2) is 5.11 Å². The molecule has 0 aromatic heterocycles. The summed E-state index contributed by atoms with van der Waals surface area (Å²) in [5.74, 6) is 0. The van der Waals surface area contributed by atoms with Crippen molar-refractivity contribution in [3.05, 3.63) is 0 Å². The van der Waals surface area contributed by atoms with E-state index in [1.165, 1.54) is 14.2 Å². The van der Waals surface area contributed by atoms with Crippen LogP contribution in [0.1, 0.15) is 0 Å². The highest BCUT2D eigenvalue weighted by atomic mass is 32.1. The van der Waals surface area contributed by atoms with E-state index in [0.717, 1.165) is 0 Å². The number of hydrogen-bond acceptors (Lipinski definition) is 4. The average molecular weight is 179 g/mol. The molecule has 0 aromatic rings. The number of nitrogens with one attached hydrogen (secondary N) is 3. The van der Waals surface area contributed by atoms with Gasteiger partial charge < -0.3 is 14.8 Å². The maximum atomic E-state index is 4.81. The summed E-state index contributed by atoms with van der Waals surface area (Å²) >= 11 is 4.77. The van der Waals surface area contributed by atoms with Crippen LogP contribution in [0.25, 0.3) is 0 Å². The Balaban J connectivity index is 3.42. The van der Waals surface area contributed by atoms with Crippen molar-refractivity contribution < 1.29 is 9.47 Å². The van der Waals surface area contributed by atoms with Gasteiger partial charge in [-0.15, -0.1) is 0 Å². The van der Waals surface area contributed by atoms with E-state index in [1.807, 2.05) is 0 Å². The topological polar surface area (TPSA) is 54.5 Å². The second-order valence-corrected chi connectivity index (χ2v) is 2.06. The van der Waals surface area contributed by atoms with Gasteiger partial charge in [0.2, 0.25) is 6.41 Å². The Labute approximate surface area is 71.4 Å². The summed E-state index contributed by atoms with van der Waals surface area (Å²) in [5.41, 5.74) is 5.33. The fourth-order valence-corrected chi connectivity index (χ4v) is 0.460. The number of rotatable bonds is 4. The molecule has 0 heterocycles. The quantitative estimate of drug-likeness (QED) is 0.297. The van der Waals surface area contributed by atoms with E-state index in [-0.39, 0.29) is 0 Å². The first kappa shape index (κ1) is 10.6. The zero-order valence-corrected chi connectivity index (χ0v) is 7.62. The fourth-order valence-electron chi connectivity index (χ4n) is 0.401. The number of hydrogen-bond donors (Lipinski definition) is 3. The first-order chi connectivity index (χ1) is 5.24. The lowest BCUT2D eigenvalue weighted by atomic mass is 11.0. The molecule has 11 heavy (non-hydrogen) atoms. The zero-order valence-electron chi connectivity index (χ0n) is 6.80. The van der Waals surface area contributed by atoms with Gasteiger partial charge in [-0.05, 0) is 12.2 Å². The van der Waals surface area contributed by atoms with Crippen molar-refractivity contribution in [1.82, 2.24) is 16.2 Å². The number of hydrazine groups is 1. The standard InChI is InChI=1S/C5H13N3O2S/c1-6-4(11)7-8-5(9-2)10-3/h5,8H,1-3H3,(H2,6,7,11). The first-order valence-electron chi connectivity index (χ1n) is 3.03. The largest absolute Gasteiger partial charge is 0.365 e. The van der Waals surface area contributed by atoms with Crippen LogP contribution in [0.2, 0.25) is 0 Å². The Morgan fingerprint density at radius 1 is 1.36 bits per heavy atom. The molecule has 0 amide bonds. The van der Waals surface area contributed by atoms with Crippen molar-refractivity contribution in [3.8, 4) is 0 Å². The maximum Gasteiger partial charge on any atom is 0.232 e. The highest BCUT2D eigenvalue weighted by molar-refractivity contribution is 7.80. The third-order valence-corrected chi connectivity index (χ3v) is 1.26. The average Bonchev–Trinajstić information content (AvgIpc) is 2.06. The van der Waals surface area contributed by atoms with Crippen LogP contribution in [-0.2, 0) is 9.47 Å². The van der Waals surface area contributed by atoms with Crippen LogP contribution in [-0.4, -0.2) is 32.8 Å². The molecule has 0 aromatic carbocycles. The molecule has 0 radical (unpaired) electrons. The number of thiocarbonyl (C=S) groups is 1. The molecule has 0 saturated carbocycles. The van der Waals surface area contributed by atoms with Gasteiger partial charge in [0.25, 0.3) is 0 Å². The van der Waals surface area contributed by atoms with Crippen molar-refractivity contribution in [3.63, 3.8) is 0 Å². The second-order valence-electron chi connectivity index (χ2n) is 1.65. The Morgan fingerprint density at radius 3 is 2.27 bits per heavy atom. The second kappa shape index (κ2) is 6.29. The van der Waals surface area contributed by atoms with Crippen molar-refractivity contribution in [2.24, 2.45) is 0 Å². The van der Waals surface area contributed by atoms with E-state index in [1.54, 1.807) is 7.05 Å². The smallest absolute Gasteiger partial charge is 0.232 e. The predicted octanol–water partition coefficient (Wildman–Crippen LogP) is -0.839. The van der Waals surface area contributed by atoms with Crippen LogP contribution < -0.4 is 16.2 Å². The van der Waals surface area contributed by atoms with E-state index in [2.05, 4.69) is 16.2 Å². The molecule has 0 bridgehead atoms. The minimum atomic E-state index is -0.499. The molecular weight excluding hydrogens is 166 g/mol. The number of methoxy groups -OCH3 is 2. The summed E-state index contributed by atoms with van der Waals surface area (Å²) in [5, 5.41) is 3.19. The molecular formula is C5H13N3O2S. The lowest BCUT2D eigenvalue weighted by Crippen LogP contribution is -2.49. The summed E-state index contributed by atoms with van der Waals surface area (Å²) in [4.78, 5) is 0. The molecule has 0 saturated heterocycles. The van der Waals surface area contributed by atoms with E-state index < -0.39 is 6.41 Å². The van der Waals surface area contributed by atoms with Gasteiger partial charge in [0, 0.05) is 21.3 Å². The minimum Gasteiger partial charge on any atom is -0.365 e. The molecule has 0 rings (SSSR count). The van der Waals surface area contributed by atoms with Crippen LogP contribution in [0.4, 0.5) is 0 Å². The van der Waals surface area contributed by atoms with Crippen molar-refractivity contribution in [1.29, 1.82) is 0 Å². The molecule has 0 spiro atoms. The van der Waals surface area contributed by atoms with E-state index in [0.29, 0.717) is 5.11 Å². The van der Waals surface area contributed by atoms with E-state index >= 15 is 0 Å². The summed E-state index contributed by atoms with van der Waals surface area (Å²) < 4.78 is 9.62. The van der Waals surface area contributed by atoms with Crippen LogP contribution in [0.3, 0.4) is 0 Å². The summed E-state index contributed by atoms with van der Waals surface area (Å²) in [6, 6.07) is 0. The van der Waals surface area contributed by atoms with Gasteiger partial charge in [0.1, 0.15) is 0 Å². The zero-order chi connectivity index (χ0) is 8.69. The van der Waals surface area contributed by atoms with Gasteiger partial charge in [-0.2, -0.15) is 5.43 Å². The molecule has 0 unspecified atom stereocenters. The Bertz CT molecular complexity index is 118. The van der Waals surface area contributed by atoms with Crippen molar-refractivity contribution in [2.75, 3.05) is 21.3 Å². The monoisotopic (exact) mass is 179 g/mol. The summed E-state index contributed by atoms with van der Waals surface area (Å²) in [7, 11) is 4.75. The molecule has 3 N–H and O–H groups in total. The molecule has 0 aliphatic rings. The predicted molar refractivity (Wildman–Crippen MR) is 45.7 cm³/mol. The molecule has 0 aliphatic heterocycles. The third-order valence-electron chi connectivity index (χ3n) is 0.959. The molecule has 6 heteroatoms. The Kier molecular flexibility index (Phi) is 6.05. The number of ether oxygens (including phenoxy) is 2. The van der Waals surface area contributed by atoms with E-state index in [4.69, 9.17) is 21.7 Å². The van der Waals surface area contributed by atoms with Crippen molar-refractivity contribution >= 4 is 17.3 Å². The fraction of sp³-hybridized carbons (Fsp3) is 0.800. The van der Waals surface area contributed by atoms with Gasteiger partial charge in [-0.1, -0.05) is 0 Å². The Hall–Kier alpha value is -0.430. The van der Waals surface area contributed by atoms with E-state index in [9.17, 15) is 0 Å². The third kappa shape index (κ3) is 4.91. The lowest BCUT2D eigenvalue weighted by Gasteiger charge is -2.16. The highest BCUT2D eigenvalue weighted by Gasteiger charge is 2.01. The van der Waals surface area contributed by atoms with Gasteiger partial charge in [-0.25, -0.2) is 0 Å². The normalized spacial score (nSPS) is 9.82. The van der Waals surface area contributed by atoms with Crippen LogP contribution in [0.15, 0.2) is 0 Å². The highest BCUT2D eigenvalue weighted by Crippen LogP contribution is 1.80. The van der Waals surface area contributed by atoms with Crippen LogP contribution in [0, 0.1) is 0 Å². The Morgan fingerprint density at radius 2 is 1.91 bits per heavy atom. The van der Waals surface area contributed by atoms with Gasteiger partial charge in [0.05, 0.1) is 0 Å². The maximum absolute atomic E-state index is 4.81. The van der Waals surface area contributed by atoms with Gasteiger partial charge in [-0.3, -0.25) is 5.43 Å². The summed E-state index contributed by atoms with van der Waals surface area (Å²) in [6.45, 7) is 0. The lowest BCUT2D eigenvalue weighted by molar-refractivity contribution is -0.127. The summed E-state index contributed by atoms with van der Waals surface area (Å²) in [6.07, 6.45) is -0.499. The molecule has 0 atom stereocenters.